The first-order chi connectivity index (χ1) is 9.10. The highest BCUT2D eigenvalue weighted by atomic mass is 16.3. The summed E-state index contributed by atoms with van der Waals surface area (Å²) in [5, 5.41) is 19.2. The van der Waals surface area contributed by atoms with Crippen LogP contribution in [0.3, 0.4) is 0 Å². The number of hydrogen-bond donors (Lipinski definition) is 2. The molecular weight excluding hydrogens is 242 g/mol. The molecule has 0 bridgehead atoms. The Morgan fingerprint density at radius 2 is 2.05 bits per heavy atom. The smallest absolute Gasteiger partial charge is 0.157 e. The first-order valence-electron chi connectivity index (χ1n) is 6.91. The molecule has 1 fully saturated rings. The Balaban J connectivity index is 1.96. The zero-order chi connectivity index (χ0) is 13.6. The van der Waals surface area contributed by atoms with Gasteiger partial charge in [-0.2, -0.15) is 0 Å². The van der Waals surface area contributed by atoms with Crippen LogP contribution in [0.25, 0.3) is 0 Å². The average Bonchev–Trinajstić information content (AvgIpc) is 2.40. The van der Waals surface area contributed by atoms with Crippen molar-refractivity contribution >= 4 is 5.78 Å². The molecule has 0 saturated carbocycles. The molecule has 2 unspecified atom stereocenters. The number of aromatic hydroxyl groups is 2. The number of rotatable bonds is 1. The Hall–Kier alpha value is -1.55. The van der Waals surface area contributed by atoms with Crippen LogP contribution >= 0.6 is 0 Å². The van der Waals surface area contributed by atoms with Gasteiger partial charge in [0.2, 0.25) is 0 Å². The van der Waals surface area contributed by atoms with Gasteiger partial charge in [-0.3, -0.25) is 9.69 Å². The molecule has 0 spiro atoms. The molecule has 1 aromatic carbocycles. The number of carbonyl (C=O) groups is 1. The number of hydrogen-bond acceptors (Lipinski definition) is 4. The fourth-order valence-corrected chi connectivity index (χ4v) is 3.34. The molecule has 2 atom stereocenters. The quantitative estimate of drug-likeness (QED) is 0.759. The minimum atomic E-state index is -0.0920. The second kappa shape index (κ2) is 4.53. The summed E-state index contributed by atoms with van der Waals surface area (Å²) in [6.07, 6.45) is 2.29. The molecule has 2 aliphatic rings. The van der Waals surface area contributed by atoms with E-state index in [0.29, 0.717) is 12.2 Å². The van der Waals surface area contributed by atoms with E-state index >= 15 is 0 Å². The molecule has 2 N–H and O–H groups in total. The second-order valence-electron chi connectivity index (χ2n) is 5.58. The normalized spacial score (nSPS) is 26.9. The van der Waals surface area contributed by atoms with Gasteiger partial charge in [-0.1, -0.05) is 6.92 Å². The molecule has 1 aromatic rings. The van der Waals surface area contributed by atoms with E-state index in [-0.39, 0.29) is 23.5 Å². The lowest BCUT2D eigenvalue weighted by atomic mass is 9.82. The SMILES string of the molecule is CCC1CN2CCc3cc(O)c(O)cc3C2CC1=O. The molecule has 0 amide bonds. The number of fused-ring (bicyclic) bond motifs is 3. The van der Waals surface area contributed by atoms with E-state index in [2.05, 4.69) is 11.8 Å². The fourth-order valence-electron chi connectivity index (χ4n) is 3.34. The van der Waals surface area contributed by atoms with Crippen molar-refractivity contribution in [1.29, 1.82) is 0 Å². The van der Waals surface area contributed by atoms with Gasteiger partial charge in [0.05, 0.1) is 0 Å². The lowest BCUT2D eigenvalue weighted by molar-refractivity contribution is -0.128. The molecule has 0 aliphatic carbocycles. The number of carbonyl (C=O) groups excluding carboxylic acids is 1. The summed E-state index contributed by atoms with van der Waals surface area (Å²) in [6, 6.07) is 3.34. The van der Waals surface area contributed by atoms with Crippen molar-refractivity contribution in [3.8, 4) is 11.5 Å². The van der Waals surface area contributed by atoms with E-state index in [1.165, 1.54) is 0 Å². The standard InChI is InChI=1S/C15H19NO3/c1-2-9-8-16-4-3-10-5-14(18)15(19)6-11(10)12(16)7-13(9)17/h5-6,9,12,18-19H,2-4,7-8H2,1H3. The number of nitrogens with zero attached hydrogens (tertiary/aromatic N) is 1. The molecule has 1 saturated heterocycles. The molecule has 4 nitrogen and oxygen atoms in total. The molecule has 0 radical (unpaired) electrons. The van der Waals surface area contributed by atoms with Gasteiger partial charge in [0.1, 0.15) is 5.78 Å². The third-order valence-electron chi connectivity index (χ3n) is 4.50. The largest absolute Gasteiger partial charge is 0.504 e. The predicted molar refractivity (Wildman–Crippen MR) is 71.2 cm³/mol. The van der Waals surface area contributed by atoms with E-state index < -0.39 is 0 Å². The third-order valence-corrected chi connectivity index (χ3v) is 4.50. The van der Waals surface area contributed by atoms with Gasteiger partial charge in [-0.15, -0.1) is 0 Å². The van der Waals surface area contributed by atoms with Crippen LogP contribution in [0.5, 0.6) is 11.5 Å². The van der Waals surface area contributed by atoms with E-state index in [0.717, 1.165) is 37.1 Å². The van der Waals surface area contributed by atoms with Crippen molar-refractivity contribution in [2.24, 2.45) is 5.92 Å². The van der Waals surface area contributed by atoms with Crippen LogP contribution in [0.15, 0.2) is 12.1 Å². The van der Waals surface area contributed by atoms with Gasteiger partial charge >= 0.3 is 0 Å². The minimum Gasteiger partial charge on any atom is -0.504 e. The summed E-state index contributed by atoms with van der Waals surface area (Å²) >= 11 is 0. The van der Waals surface area contributed by atoms with Crippen molar-refractivity contribution in [2.45, 2.75) is 32.2 Å². The van der Waals surface area contributed by atoms with E-state index in [1.54, 1.807) is 12.1 Å². The maximum Gasteiger partial charge on any atom is 0.157 e. The molecule has 2 aliphatic heterocycles. The minimum absolute atomic E-state index is 0.0687. The first kappa shape index (κ1) is 12.5. The van der Waals surface area contributed by atoms with Gasteiger partial charge in [0, 0.05) is 31.5 Å². The van der Waals surface area contributed by atoms with Gasteiger partial charge < -0.3 is 10.2 Å². The summed E-state index contributed by atoms with van der Waals surface area (Å²) in [5.41, 5.74) is 2.06. The highest BCUT2D eigenvalue weighted by Crippen LogP contribution is 2.41. The number of Topliss-reactive ketones (excluding diaryl/α,β-unsaturated/α-hetero) is 1. The molecule has 0 aromatic heterocycles. The van der Waals surface area contributed by atoms with E-state index in [9.17, 15) is 15.0 Å². The van der Waals surface area contributed by atoms with Crippen LogP contribution in [0.4, 0.5) is 0 Å². The molecule has 102 valence electrons. The third kappa shape index (κ3) is 2.00. The molecule has 4 heteroatoms. The van der Waals surface area contributed by atoms with Crippen LogP contribution in [0.2, 0.25) is 0 Å². The zero-order valence-electron chi connectivity index (χ0n) is 11.1. The van der Waals surface area contributed by atoms with Gasteiger partial charge in [0.25, 0.3) is 0 Å². The van der Waals surface area contributed by atoms with Crippen molar-refractivity contribution in [1.82, 2.24) is 4.90 Å². The number of phenolic OH excluding ortho intramolecular Hbond substituents is 2. The Kier molecular flexibility index (Phi) is 2.97. The van der Waals surface area contributed by atoms with Crippen molar-refractivity contribution < 1.29 is 15.0 Å². The topological polar surface area (TPSA) is 60.8 Å². The Morgan fingerprint density at radius 3 is 2.79 bits per heavy atom. The van der Waals surface area contributed by atoms with Crippen LogP contribution in [-0.4, -0.2) is 34.0 Å². The molecule has 3 rings (SSSR count). The summed E-state index contributed by atoms with van der Waals surface area (Å²) in [5.74, 6) is 0.319. The maximum atomic E-state index is 12.1. The predicted octanol–water partition coefficient (Wildman–Crippen LogP) is 2.00. The van der Waals surface area contributed by atoms with Crippen molar-refractivity contribution in [2.75, 3.05) is 13.1 Å². The lowest BCUT2D eigenvalue weighted by Gasteiger charge is -2.42. The number of piperidine rings is 1. The molecular formula is C15H19NO3. The Labute approximate surface area is 112 Å². The highest BCUT2D eigenvalue weighted by molar-refractivity contribution is 5.83. The summed E-state index contributed by atoms with van der Waals surface area (Å²) in [6.45, 7) is 3.80. The highest BCUT2D eigenvalue weighted by Gasteiger charge is 2.37. The van der Waals surface area contributed by atoms with Gasteiger partial charge in [-0.05, 0) is 36.1 Å². The number of benzene rings is 1. The van der Waals surface area contributed by atoms with Crippen molar-refractivity contribution in [3.63, 3.8) is 0 Å². The van der Waals surface area contributed by atoms with E-state index in [1.807, 2.05) is 0 Å². The van der Waals surface area contributed by atoms with Crippen LogP contribution < -0.4 is 0 Å². The van der Waals surface area contributed by atoms with Crippen LogP contribution in [-0.2, 0) is 11.2 Å². The van der Waals surface area contributed by atoms with E-state index in [4.69, 9.17) is 0 Å². The lowest BCUT2D eigenvalue weighted by Crippen LogP contribution is -2.46. The summed E-state index contributed by atoms with van der Waals surface area (Å²) in [4.78, 5) is 14.4. The van der Waals surface area contributed by atoms with Crippen LogP contribution in [0.1, 0.15) is 36.9 Å². The zero-order valence-corrected chi connectivity index (χ0v) is 11.1. The Morgan fingerprint density at radius 1 is 1.32 bits per heavy atom. The molecule has 2 heterocycles. The monoisotopic (exact) mass is 261 g/mol. The maximum absolute atomic E-state index is 12.1. The summed E-state index contributed by atoms with van der Waals surface area (Å²) in [7, 11) is 0. The first-order valence-corrected chi connectivity index (χ1v) is 6.91. The second-order valence-corrected chi connectivity index (χ2v) is 5.58. The number of phenols is 2. The Bertz CT molecular complexity index is 526. The van der Waals surface area contributed by atoms with Crippen LogP contribution in [0, 0.1) is 5.92 Å². The molecule has 19 heavy (non-hydrogen) atoms. The van der Waals surface area contributed by atoms with Gasteiger partial charge in [-0.25, -0.2) is 0 Å². The average molecular weight is 261 g/mol. The van der Waals surface area contributed by atoms with Gasteiger partial charge in [0.15, 0.2) is 11.5 Å². The van der Waals surface area contributed by atoms with Crippen molar-refractivity contribution in [3.05, 3.63) is 23.3 Å². The fraction of sp³-hybridized carbons (Fsp3) is 0.533. The number of ketones is 1. The summed E-state index contributed by atoms with van der Waals surface area (Å²) < 4.78 is 0.